The summed E-state index contributed by atoms with van der Waals surface area (Å²) >= 11 is 0. The summed E-state index contributed by atoms with van der Waals surface area (Å²) in [6.45, 7) is 2.50. The van der Waals surface area contributed by atoms with Crippen molar-refractivity contribution in [2.45, 2.75) is 20.1 Å². The van der Waals surface area contributed by atoms with Crippen LogP contribution in [0.3, 0.4) is 0 Å². The number of imidazole rings is 1. The van der Waals surface area contributed by atoms with E-state index in [0.29, 0.717) is 17.9 Å². The molecule has 2 aromatic rings. The largest absolute Gasteiger partial charge is 0.478 e. The van der Waals surface area contributed by atoms with E-state index in [-0.39, 0.29) is 12.2 Å². The number of hydrogen-bond donors (Lipinski definition) is 2. The number of carboxylic acid groups (broad SMARTS) is 1. The molecule has 0 aliphatic heterocycles. The van der Waals surface area contributed by atoms with E-state index in [1.165, 1.54) is 6.07 Å². The Morgan fingerprint density at radius 1 is 1.50 bits per heavy atom. The van der Waals surface area contributed by atoms with Crippen LogP contribution in [0.1, 0.15) is 23.1 Å². The Morgan fingerprint density at radius 2 is 2.25 bits per heavy atom. The van der Waals surface area contributed by atoms with E-state index in [1.807, 2.05) is 11.5 Å². The lowest BCUT2D eigenvalue weighted by atomic mass is 10.2. The quantitative estimate of drug-likeness (QED) is 0.816. The molecule has 0 saturated heterocycles. The van der Waals surface area contributed by atoms with Crippen molar-refractivity contribution in [1.29, 1.82) is 0 Å². The van der Waals surface area contributed by atoms with Crippen molar-refractivity contribution in [1.82, 2.24) is 9.55 Å². The zero-order valence-electron chi connectivity index (χ0n) is 8.84. The van der Waals surface area contributed by atoms with Crippen LogP contribution in [0.25, 0.3) is 11.0 Å². The third-order valence-corrected chi connectivity index (χ3v) is 2.53. The number of aliphatic hydroxyl groups excluding tert-OH is 1. The number of aromatic nitrogens is 2. The van der Waals surface area contributed by atoms with Crippen LogP contribution in [-0.4, -0.2) is 25.7 Å². The first-order valence-corrected chi connectivity index (χ1v) is 5.00. The molecule has 0 fully saturated rings. The van der Waals surface area contributed by atoms with Gasteiger partial charge in [0.2, 0.25) is 0 Å². The number of nitrogens with zero attached hydrogens (tertiary/aromatic N) is 2. The average Bonchev–Trinajstić information content (AvgIpc) is 2.65. The van der Waals surface area contributed by atoms with E-state index in [2.05, 4.69) is 4.98 Å². The monoisotopic (exact) mass is 220 g/mol. The van der Waals surface area contributed by atoms with Gasteiger partial charge in [-0.3, -0.25) is 0 Å². The summed E-state index contributed by atoms with van der Waals surface area (Å²) in [5, 5.41) is 18.0. The van der Waals surface area contributed by atoms with E-state index < -0.39 is 5.97 Å². The van der Waals surface area contributed by atoms with Gasteiger partial charge in [-0.15, -0.1) is 0 Å². The highest BCUT2D eigenvalue weighted by molar-refractivity contribution is 5.92. The van der Waals surface area contributed by atoms with Gasteiger partial charge in [0.25, 0.3) is 0 Å². The van der Waals surface area contributed by atoms with E-state index >= 15 is 0 Å². The van der Waals surface area contributed by atoms with Crippen LogP contribution in [0.15, 0.2) is 18.2 Å². The van der Waals surface area contributed by atoms with E-state index in [0.717, 1.165) is 5.52 Å². The van der Waals surface area contributed by atoms with Crippen LogP contribution >= 0.6 is 0 Å². The third kappa shape index (κ3) is 1.55. The summed E-state index contributed by atoms with van der Waals surface area (Å²) in [5.41, 5.74) is 1.65. The number of aromatic carboxylic acids is 1. The lowest BCUT2D eigenvalue weighted by Gasteiger charge is -2.02. The Kier molecular flexibility index (Phi) is 2.62. The van der Waals surface area contributed by atoms with Gasteiger partial charge >= 0.3 is 5.97 Å². The van der Waals surface area contributed by atoms with Crippen molar-refractivity contribution in [2.75, 3.05) is 0 Å². The van der Waals surface area contributed by atoms with Gasteiger partial charge in [0.1, 0.15) is 12.4 Å². The van der Waals surface area contributed by atoms with Gasteiger partial charge in [0.05, 0.1) is 16.6 Å². The van der Waals surface area contributed by atoms with Crippen LogP contribution in [0.2, 0.25) is 0 Å². The van der Waals surface area contributed by atoms with Gasteiger partial charge in [-0.1, -0.05) is 0 Å². The Labute approximate surface area is 92.0 Å². The average molecular weight is 220 g/mol. The molecule has 84 valence electrons. The number of carbonyl (C=O) groups is 1. The molecule has 0 aliphatic rings. The molecule has 0 amide bonds. The van der Waals surface area contributed by atoms with Crippen LogP contribution in [0.5, 0.6) is 0 Å². The molecule has 5 heteroatoms. The van der Waals surface area contributed by atoms with Crippen molar-refractivity contribution < 1.29 is 15.0 Å². The highest BCUT2D eigenvalue weighted by Gasteiger charge is 2.11. The second-order valence-electron chi connectivity index (χ2n) is 3.44. The molecule has 16 heavy (non-hydrogen) atoms. The minimum absolute atomic E-state index is 0.148. The molecule has 0 aliphatic carbocycles. The van der Waals surface area contributed by atoms with Crippen LogP contribution in [0.4, 0.5) is 0 Å². The van der Waals surface area contributed by atoms with Gasteiger partial charge < -0.3 is 14.8 Å². The Balaban J connectivity index is 2.67. The van der Waals surface area contributed by atoms with Crippen LogP contribution < -0.4 is 0 Å². The summed E-state index contributed by atoms with van der Waals surface area (Å²) in [5.74, 6) is -0.418. The Hall–Kier alpha value is -1.88. The number of hydrogen-bond acceptors (Lipinski definition) is 3. The number of carboxylic acids is 1. The van der Waals surface area contributed by atoms with Crippen molar-refractivity contribution in [3.63, 3.8) is 0 Å². The number of aryl methyl sites for hydroxylation is 1. The molecule has 0 saturated carbocycles. The molecule has 1 aromatic heterocycles. The maximum atomic E-state index is 10.8. The van der Waals surface area contributed by atoms with Gasteiger partial charge in [-0.25, -0.2) is 9.78 Å². The summed E-state index contributed by atoms with van der Waals surface area (Å²) in [6, 6.07) is 4.77. The van der Waals surface area contributed by atoms with Crippen molar-refractivity contribution in [3.8, 4) is 0 Å². The van der Waals surface area contributed by atoms with Crippen molar-refractivity contribution >= 4 is 17.0 Å². The first-order valence-electron chi connectivity index (χ1n) is 5.00. The molecular weight excluding hydrogens is 208 g/mol. The zero-order valence-corrected chi connectivity index (χ0v) is 8.84. The van der Waals surface area contributed by atoms with E-state index in [4.69, 9.17) is 10.2 Å². The topological polar surface area (TPSA) is 75.3 Å². The smallest absolute Gasteiger partial charge is 0.335 e. The third-order valence-electron chi connectivity index (χ3n) is 2.53. The van der Waals surface area contributed by atoms with Crippen LogP contribution in [-0.2, 0) is 13.2 Å². The maximum absolute atomic E-state index is 10.8. The molecule has 0 bridgehead atoms. The van der Waals surface area contributed by atoms with Gasteiger partial charge in [0.15, 0.2) is 0 Å². The number of fused-ring (bicyclic) bond motifs is 1. The predicted octanol–water partition coefficient (Wildman–Crippen LogP) is 1.25. The van der Waals surface area contributed by atoms with Gasteiger partial charge in [-0.2, -0.15) is 0 Å². The standard InChI is InChI=1S/C11H12N2O3/c1-2-13-9-4-3-7(11(15)16)5-8(9)12-10(13)6-14/h3-5,14H,2,6H2,1H3,(H,15,16). The van der Waals surface area contributed by atoms with Gasteiger partial charge in [0, 0.05) is 6.54 Å². The molecule has 0 spiro atoms. The number of benzene rings is 1. The van der Waals surface area contributed by atoms with E-state index in [9.17, 15) is 4.79 Å². The van der Waals surface area contributed by atoms with Crippen molar-refractivity contribution in [2.24, 2.45) is 0 Å². The molecule has 0 unspecified atom stereocenters. The lowest BCUT2D eigenvalue weighted by Crippen LogP contribution is -2.01. The fraction of sp³-hybridized carbons (Fsp3) is 0.273. The van der Waals surface area contributed by atoms with Crippen LogP contribution in [0, 0.1) is 0 Å². The summed E-state index contributed by atoms with van der Waals surface area (Å²) < 4.78 is 1.86. The maximum Gasteiger partial charge on any atom is 0.335 e. The fourth-order valence-corrected chi connectivity index (χ4v) is 1.79. The molecule has 0 atom stereocenters. The zero-order chi connectivity index (χ0) is 11.7. The minimum atomic E-state index is -0.974. The Morgan fingerprint density at radius 3 is 2.81 bits per heavy atom. The normalized spacial score (nSPS) is 10.9. The molecular formula is C11H12N2O3. The molecule has 5 nitrogen and oxygen atoms in total. The molecule has 2 rings (SSSR count). The minimum Gasteiger partial charge on any atom is -0.478 e. The Bertz CT molecular complexity index is 545. The molecule has 2 N–H and O–H groups in total. The number of aliphatic hydroxyl groups is 1. The molecule has 1 heterocycles. The van der Waals surface area contributed by atoms with Crippen molar-refractivity contribution in [3.05, 3.63) is 29.6 Å². The summed E-state index contributed by atoms with van der Waals surface area (Å²) in [4.78, 5) is 15.0. The number of rotatable bonds is 3. The SMILES string of the molecule is CCn1c(CO)nc2cc(C(=O)O)ccc21. The predicted molar refractivity (Wildman–Crippen MR) is 58.3 cm³/mol. The summed E-state index contributed by atoms with van der Waals surface area (Å²) in [7, 11) is 0. The highest BCUT2D eigenvalue weighted by atomic mass is 16.4. The molecule has 1 aromatic carbocycles. The first-order chi connectivity index (χ1) is 7.67. The molecule has 0 radical (unpaired) electrons. The lowest BCUT2D eigenvalue weighted by molar-refractivity contribution is 0.0697. The summed E-state index contributed by atoms with van der Waals surface area (Å²) in [6.07, 6.45) is 0. The second kappa shape index (κ2) is 3.94. The first kappa shape index (κ1) is 10.6. The second-order valence-corrected chi connectivity index (χ2v) is 3.44. The van der Waals surface area contributed by atoms with E-state index in [1.54, 1.807) is 12.1 Å². The fourth-order valence-electron chi connectivity index (χ4n) is 1.79. The highest BCUT2D eigenvalue weighted by Crippen LogP contribution is 2.18. The van der Waals surface area contributed by atoms with Gasteiger partial charge in [-0.05, 0) is 25.1 Å².